The average Bonchev–Trinajstić information content (AvgIpc) is 2.87. The molecular weight excluding hydrogens is 492 g/mol. The Balaban J connectivity index is 1.88. The van der Waals surface area contributed by atoms with Gasteiger partial charge in [-0.25, -0.2) is 0 Å². The van der Waals surface area contributed by atoms with Crippen molar-refractivity contribution >= 4 is 34.7 Å². The lowest BCUT2D eigenvalue weighted by molar-refractivity contribution is -0.121. The van der Waals surface area contributed by atoms with E-state index in [9.17, 15) is 4.79 Å². The van der Waals surface area contributed by atoms with Gasteiger partial charge in [0, 0.05) is 17.8 Å². The molecular formula is C27H33ClN6O3. The molecule has 3 rings (SSSR count). The molecule has 6 N–H and O–H groups in total. The van der Waals surface area contributed by atoms with Crippen molar-refractivity contribution in [3.05, 3.63) is 82.9 Å². The van der Waals surface area contributed by atoms with E-state index in [0.717, 1.165) is 6.54 Å². The Bertz CT molecular complexity index is 1200. The summed E-state index contributed by atoms with van der Waals surface area (Å²) in [5.74, 6) is 0.770. The molecule has 1 amide bonds. The maximum absolute atomic E-state index is 13.4. The van der Waals surface area contributed by atoms with Gasteiger partial charge >= 0.3 is 0 Å². The van der Waals surface area contributed by atoms with Crippen LogP contribution in [0.3, 0.4) is 0 Å². The third-order valence-corrected chi connectivity index (χ3v) is 5.69. The van der Waals surface area contributed by atoms with Gasteiger partial charge in [0.05, 0.1) is 17.3 Å². The molecule has 0 saturated heterocycles. The number of carbonyl (C=O) groups excluding carboxylic acids is 1. The van der Waals surface area contributed by atoms with Crippen LogP contribution in [0.4, 0.5) is 11.4 Å². The number of ether oxygens (including phenoxy) is 2. The second kappa shape index (κ2) is 13.4. The van der Waals surface area contributed by atoms with Gasteiger partial charge in [0.1, 0.15) is 18.5 Å². The number of rotatable bonds is 13. The van der Waals surface area contributed by atoms with Crippen molar-refractivity contribution in [3.63, 3.8) is 0 Å². The largest absolute Gasteiger partial charge is 0.490 e. The summed E-state index contributed by atoms with van der Waals surface area (Å²) in [4.78, 5) is 15.4. The van der Waals surface area contributed by atoms with E-state index in [1.165, 1.54) is 0 Å². The predicted molar refractivity (Wildman–Crippen MR) is 149 cm³/mol. The lowest BCUT2D eigenvalue weighted by atomic mass is 10.0. The molecule has 37 heavy (non-hydrogen) atoms. The van der Waals surface area contributed by atoms with Crippen molar-refractivity contribution in [2.75, 3.05) is 44.6 Å². The molecule has 10 heteroatoms. The molecule has 0 fully saturated rings. The Morgan fingerprint density at radius 3 is 2.43 bits per heavy atom. The fraction of sp³-hybridized carbons (Fsp3) is 0.259. The minimum atomic E-state index is -0.798. The van der Waals surface area contributed by atoms with Crippen LogP contribution in [0.2, 0.25) is 5.02 Å². The molecule has 3 aromatic rings. The van der Waals surface area contributed by atoms with E-state index in [-0.39, 0.29) is 11.7 Å². The number of nitrogen functional groups attached to an aromatic ring is 1. The number of amidine groups is 1. The fourth-order valence-corrected chi connectivity index (χ4v) is 3.59. The number of anilines is 2. The smallest absolute Gasteiger partial charge is 0.265 e. The van der Waals surface area contributed by atoms with Gasteiger partial charge in [-0.15, -0.1) is 0 Å². The zero-order chi connectivity index (χ0) is 26.8. The number of benzene rings is 3. The van der Waals surface area contributed by atoms with Crippen LogP contribution in [0.25, 0.3) is 0 Å². The molecule has 196 valence electrons. The monoisotopic (exact) mass is 524 g/mol. The zero-order valence-electron chi connectivity index (χ0n) is 21.2. The summed E-state index contributed by atoms with van der Waals surface area (Å²) in [7, 11) is 3.95. The molecule has 0 aliphatic heterocycles. The van der Waals surface area contributed by atoms with Crippen molar-refractivity contribution in [2.24, 2.45) is 5.73 Å². The van der Waals surface area contributed by atoms with Gasteiger partial charge in [0.15, 0.2) is 11.5 Å². The van der Waals surface area contributed by atoms with Crippen LogP contribution < -0.4 is 31.4 Å². The lowest BCUT2D eigenvalue weighted by Gasteiger charge is -2.22. The highest BCUT2D eigenvalue weighted by Crippen LogP contribution is 2.32. The first-order valence-electron chi connectivity index (χ1n) is 11.8. The van der Waals surface area contributed by atoms with Gasteiger partial charge in [0.2, 0.25) is 0 Å². The molecule has 0 aliphatic carbocycles. The normalized spacial score (nSPS) is 11.5. The van der Waals surface area contributed by atoms with Crippen molar-refractivity contribution in [2.45, 2.75) is 13.0 Å². The molecule has 1 atom stereocenters. The Kier molecular flexibility index (Phi) is 10.00. The molecule has 0 aliphatic rings. The van der Waals surface area contributed by atoms with Gasteiger partial charge in [-0.2, -0.15) is 0 Å². The second-order valence-corrected chi connectivity index (χ2v) is 8.86. The number of hydrogen-bond donors (Lipinski definition) is 5. The highest BCUT2D eigenvalue weighted by atomic mass is 35.5. The number of hydrogen-bond acceptors (Lipinski definition) is 7. The zero-order valence-corrected chi connectivity index (χ0v) is 21.9. The van der Waals surface area contributed by atoms with Crippen LogP contribution in [0.15, 0.2) is 66.7 Å². The number of amides is 1. The molecule has 9 nitrogen and oxygen atoms in total. The van der Waals surface area contributed by atoms with Crippen molar-refractivity contribution in [1.29, 1.82) is 5.41 Å². The maximum atomic E-state index is 13.4. The van der Waals surface area contributed by atoms with Crippen LogP contribution in [-0.4, -0.2) is 50.5 Å². The molecule has 1 unspecified atom stereocenters. The molecule has 0 heterocycles. The van der Waals surface area contributed by atoms with Crippen molar-refractivity contribution in [1.82, 2.24) is 10.3 Å². The topological polar surface area (TPSA) is 125 Å². The van der Waals surface area contributed by atoms with Gasteiger partial charge in [-0.3, -0.25) is 21.1 Å². The number of nitrogens with zero attached hydrogens (tertiary/aromatic N) is 1. The van der Waals surface area contributed by atoms with Crippen LogP contribution in [-0.2, 0) is 4.79 Å². The fourth-order valence-electron chi connectivity index (χ4n) is 3.41. The summed E-state index contributed by atoms with van der Waals surface area (Å²) in [6.07, 6.45) is 0. The molecule has 0 saturated carbocycles. The number of hydrazine groups is 1. The number of para-hydroxylation sites is 1. The number of likely N-dealkylation sites (N-methyl/N-ethyl adjacent to an activating group) is 1. The van der Waals surface area contributed by atoms with Crippen LogP contribution in [0.1, 0.15) is 24.1 Å². The Labute approximate surface area is 222 Å². The Morgan fingerprint density at radius 2 is 1.78 bits per heavy atom. The van der Waals surface area contributed by atoms with Crippen molar-refractivity contribution in [3.8, 4) is 11.5 Å². The van der Waals surface area contributed by atoms with E-state index in [2.05, 4.69) is 16.2 Å². The van der Waals surface area contributed by atoms with Crippen LogP contribution in [0.5, 0.6) is 11.5 Å². The molecule has 0 bridgehead atoms. The third kappa shape index (κ3) is 8.03. The quantitative estimate of drug-likeness (QED) is 0.128. The SMILES string of the molecule is CCOc1cc(C(Nc2ccc(C(=N)N)cc2)C(=O)NNc2ccccc2Cl)ccc1OCCN(C)C. The molecule has 3 aromatic carbocycles. The minimum Gasteiger partial charge on any atom is -0.490 e. The maximum Gasteiger partial charge on any atom is 0.265 e. The number of nitrogens with one attached hydrogen (secondary N) is 4. The molecule has 0 spiro atoms. The first-order chi connectivity index (χ1) is 17.8. The van der Waals surface area contributed by atoms with Crippen LogP contribution in [0, 0.1) is 5.41 Å². The summed E-state index contributed by atoms with van der Waals surface area (Å²) in [5, 5.41) is 11.3. The standard InChI is InChI=1S/C27H33ClN6O3/c1-4-36-24-17-19(11-14-23(24)37-16-15-34(2)3)25(31-20-12-9-18(10-13-20)26(29)30)27(35)33-32-22-8-6-5-7-21(22)28/h5-14,17,25,31-32H,4,15-16H2,1-3H3,(H3,29,30)(H,33,35). The van der Waals surface area contributed by atoms with Crippen LogP contribution >= 0.6 is 11.6 Å². The highest BCUT2D eigenvalue weighted by molar-refractivity contribution is 6.33. The van der Waals surface area contributed by atoms with Gasteiger partial charge < -0.3 is 25.4 Å². The second-order valence-electron chi connectivity index (χ2n) is 8.45. The average molecular weight is 525 g/mol. The molecule has 0 aromatic heterocycles. The first-order valence-corrected chi connectivity index (χ1v) is 12.2. The van der Waals surface area contributed by atoms with E-state index in [1.54, 1.807) is 48.5 Å². The Hall–Kier alpha value is -3.95. The summed E-state index contributed by atoms with van der Waals surface area (Å²) in [6, 6.07) is 18.7. The van der Waals surface area contributed by atoms with E-state index in [0.29, 0.717) is 52.2 Å². The summed E-state index contributed by atoms with van der Waals surface area (Å²) >= 11 is 6.22. The number of carbonyl (C=O) groups is 1. The van der Waals surface area contributed by atoms with E-state index >= 15 is 0 Å². The molecule has 0 radical (unpaired) electrons. The highest BCUT2D eigenvalue weighted by Gasteiger charge is 2.23. The van der Waals surface area contributed by atoms with Gasteiger partial charge in [-0.1, -0.05) is 29.8 Å². The third-order valence-electron chi connectivity index (χ3n) is 5.36. The minimum absolute atomic E-state index is 0.0315. The number of nitrogens with two attached hydrogens (primary N) is 1. The lowest BCUT2D eigenvalue weighted by Crippen LogP contribution is -2.37. The number of halogens is 1. The first kappa shape index (κ1) is 27.6. The Morgan fingerprint density at radius 1 is 1.05 bits per heavy atom. The van der Waals surface area contributed by atoms with Gasteiger partial charge in [0.25, 0.3) is 5.91 Å². The summed E-state index contributed by atoms with van der Waals surface area (Å²) in [6.45, 7) is 3.59. The van der Waals surface area contributed by atoms with E-state index in [1.807, 2.05) is 44.1 Å². The predicted octanol–water partition coefficient (Wildman–Crippen LogP) is 4.26. The summed E-state index contributed by atoms with van der Waals surface area (Å²) < 4.78 is 11.8. The van der Waals surface area contributed by atoms with E-state index in [4.69, 9.17) is 32.2 Å². The van der Waals surface area contributed by atoms with E-state index < -0.39 is 6.04 Å². The summed E-state index contributed by atoms with van der Waals surface area (Å²) in [5.41, 5.74) is 13.7. The van der Waals surface area contributed by atoms with Crippen molar-refractivity contribution < 1.29 is 14.3 Å². The van der Waals surface area contributed by atoms with Gasteiger partial charge in [-0.05, 0) is 75.1 Å².